The Bertz CT molecular complexity index is 1330. The summed E-state index contributed by atoms with van der Waals surface area (Å²) in [6.45, 7) is 1.96. The minimum atomic E-state index is -0.414. The lowest BCUT2D eigenvalue weighted by Gasteiger charge is -2.25. The molecule has 0 bridgehead atoms. The number of aryl methyl sites for hydroxylation is 1. The summed E-state index contributed by atoms with van der Waals surface area (Å²) < 4.78 is 18.0. The van der Waals surface area contributed by atoms with Crippen molar-refractivity contribution in [1.29, 1.82) is 5.26 Å². The highest BCUT2D eigenvalue weighted by Crippen LogP contribution is 2.37. The standard InChI is InChI=1S/C23H21FN6OS/c1-14-19(13-29(28-14)17-4-6-18(31)7-5-17)15-9-21(32-23-20(24)3-2-8-26-23)22-16(10-25)11-27-30(22)12-15/h2-3,8-9,11-13,17-18,31H,4-7H2,1H3/t17-,18+. The number of nitrogens with zero attached hydrogens (tertiary/aromatic N) is 6. The van der Waals surface area contributed by atoms with Crippen LogP contribution < -0.4 is 0 Å². The van der Waals surface area contributed by atoms with Crippen LogP contribution in [0.15, 0.2) is 52.9 Å². The highest BCUT2D eigenvalue weighted by atomic mass is 32.2. The number of aliphatic hydroxyl groups is 1. The molecule has 1 saturated carbocycles. The molecule has 0 radical (unpaired) electrons. The zero-order chi connectivity index (χ0) is 22.2. The number of aromatic nitrogens is 5. The number of halogens is 1. The van der Waals surface area contributed by atoms with Gasteiger partial charge in [0.15, 0.2) is 5.82 Å². The van der Waals surface area contributed by atoms with E-state index in [-0.39, 0.29) is 17.2 Å². The van der Waals surface area contributed by atoms with E-state index in [9.17, 15) is 14.8 Å². The van der Waals surface area contributed by atoms with Crippen molar-refractivity contribution in [2.24, 2.45) is 0 Å². The van der Waals surface area contributed by atoms with Gasteiger partial charge in [-0.15, -0.1) is 0 Å². The molecule has 7 nitrogen and oxygen atoms in total. The van der Waals surface area contributed by atoms with E-state index in [1.54, 1.807) is 16.8 Å². The Morgan fingerprint density at radius 2 is 2.06 bits per heavy atom. The highest BCUT2D eigenvalue weighted by molar-refractivity contribution is 7.99. The Morgan fingerprint density at radius 1 is 1.25 bits per heavy atom. The van der Waals surface area contributed by atoms with E-state index in [1.165, 1.54) is 24.0 Å². The largest absolute Gasteiger partial charge is 0.393 e. The fraction of sp³-hybridized carbons (Fsp3) is 0.304. The normalized spacial score (nSPS) is 18.7. The molecule has 0 aliphatic heterocycles. The van der Waals surface area contributed by atoms with Crippen LogP contribution in [0.4, 0.5) is 4.39 Å². The molecule has 162 valence electrons. The van der Waals surface area contributed by atoms with Crippen LogP contribution in [0.3, 0.4) is 0 Å². The fourth-order valence-electron chi connectivity index (χ4n) is 4.22. The maximum Gasteiger partial charge on any atom is 0.155 e. The average molecular weight is 449 g/mol. The van der Waals surface area contributed by atoms with E-state index in [0.29, 0.717) is 16.0 Å². The molecule has 1 N–H and O–H groups in total. The van der Waals surface area contributed by atoms with E-state index >= 15 is 0 Å². The molecule has 1 aliphatic rings. The molecule has 4 aromatic heterocycles. The summed E-state index contributed by atoms with van der Waals surface area (Å²) in [5.74, 6) is -0.414. The zero-order valence-electron chi connectivity index (χ0n) is 17.4. The van der Waals surface area contributed by atoms with Crippen LogP contribution >= 0.6 is 11.8 Å². The highest BCUT2D eigenvalue weighted by Gasteiger charge is 2.23. The summed E-state index contributed by atoms with van der Waals surface area (Å²) in [6, 6.07) is 7.29. The molecular formula is C23H21FN6OS. The first-order valence-corrected chi connectivity index (χ1v) is 11.3. The quantitative estimate of drug-likeness (QED) is 0.493. The third kappa shape index (κ3) is 3.76. The molecule has 0 aromatic carbocycles. The summed E-state index contributed by atoms with van der Waals surface area (Å²) in [5.41, 5.74) is 3.75. The van der Waals surface area contributed by atoms with Crippen molar-refractivity contribution >= 4 is 17.3 Å². The first-order chi connectivity index (χ1) is 15.5. The molecular weight excluding hydrogens is 427 g/mol. The molecule has 0 atom stereocenters. The summed E-state index contributed by atoms with van der Waals surface area (Å²) in [4.78, 5) is 4.85. The maximum absolute atomic E-state index is 14.3. The Kier molecular flexibility index (Phi) is 5.41. The van der Waals surface area contributed by atoms with Crippen LogP contribution in [0.1, 0.15) is 43.0 Å². The van der Waals surface area contributed by atoms with Gasteiger partial charge in [-0.25, -0.2) is 13.9 Å². The third-order valence-corrected chi connectivity index (χ3v) is 6.92. The SMILES string of the molecule is Cc1nn([C@H]2CC[C@@H](O)CC2)cc1-c1cc(Sc2ncccc2F)c2c(C#N)cnn2c1. The van der Waals surface area contributed by atoms with E-state index in [1.807, 2.05) is 30.1 Å². The first kappa shape index (κ1) is 20.7. The van der Waals surface area contributed by atoms with E-state index in [4.69, 9.17) is 5.10 Å². The van der Waals surface area contributed by atoms with Gasteiger partial charge in [-0.05, 0) is 50.8 Å². The lowest BCUT2D eigenvalue weighted by atomic mass is 9.93. The molecule has 0 spiro atoms. The minimum Gasteiger partial charge on any atom is -0.393 e. The summed E-state index contributed by atoms with van der Waals surface area (Å²) in [6.07, 6.45) is 10.1. The van der Waals surface area contributed by atoms with Gasteiger partial charge in [0.05, 0.1) is 35.1 Å². The Morgan fingerprint density at radius 3 is 2.81 bits per heavy atom. The van der Waals surface area contributed by atoms with Crippen molar-refractivity contribution in [1.82, 2.24) is 24.4 Å². The predicted octanol–water partition coefficient (Wildman–Crippen LogP) is 4.54. The van der Waals surface area contributed by atoms with Crippen molar-refractivity contribution in [2.45, 2.75) is 54.7 Å². The third-order valence-electron chi connectivity index (χ3n) is 5.90. The number of fused-ring (bicyclic) bond motifs is 1. The van der Waals surface area contributed by atoms with Gasteiger partial charge in [-0.1, -0.05) is 11.8 Å². The van der Waals surface area contributed by atoms with E-state index in [0.717, 1.165) is 42.5 Å². The van der Waals surface area contributed by atoms with Crippen molar-refractivity contribution in [3.8, 4) is 17.2 Å². The number of nitriles is 1. The van der Waals surface area contributed by atoms with E-state index < -0.39 is 5.82 Å². The van der Waals surface area contributed by atoms with Gasteiger partial charge >= 0.3 is 0 Å². The van der Waals surface area contributed by atoms with Gasteiger partial charge in [-0.2, -0.15) is 15.5 Å². The number of pyridine rings is 2. The number of hydrogen-bond acceptors (Lipinski definition) is 6. The molecule has 9 heteroatoms. The van der Waals surface area contributed by atoms with Crippen molar-refractivity contribution in [3.05, 3.63) is 60.1 Å². The number of aliphatic hydroxyl groups excluding tert-OH is 1. The number of rotatable bonds is 4. The van der Waals surface area contributed by atoms with Crippen molar-refractivity contribution in [3.63, 3.8) is 0 Å². The maximum atomic E-state index is 14.3. The number of hydrogen-bond donors (Lipinski definition) is 1. The molecule has 0 unspecified atom stereocenters. The van der Waals surface area contributed by atoms with Crippen LogP contribution in [0, 0.1) is 24.1 Å². The molecule has 4 aromatic rings. The van der Waals surface area contributed by atoms with Crippen LogP contribution in [-0.2, 0) is 0 Å². The fourth-order valence-corrected chi connectivity index (χ4v) is 5.19. The molecule has 5 rings (SSSR count). The van der Waals surface area contributed by atoms with E-state index in [2.05, 4.69) is 16.2 Å². The molecule has 0 saturated heterocycles. The zero-order valence-corrected chi connectivity index (χ0v) is 18.3. The second kappa shape index (κ2) is 8.37. The Balaban J connectivity index is 1.58. The van der Waals surface area contributed by atoms with Crippen molar-refractivity contribution in [2.75, 3.05) is 0 Å². The van der Waals surface area contributed by atoms with Crippen LogP contribution in [-0.4, -0.2) is 35.6 Å². The molecule has 32 heavy (non-hydrogen) atoms. The van der Waals surface area contributed by atoms with Crippen LogP contribution in [0.5, 0.6) is 0 Å². The molecule has 4 heterocycles. The Labute approximate surface area is 188 Å². The lowest BCUT2D eigenvalue weighted by molar-refractivity contribution is 0.108. The summed E-state index contributed by atoms with van der Waals surface area (Å²) in [5, 5.41) is 28.7. The second-order valence-electron chi connectivity index (χ2n) is 8.02. The van der Waals surface area contributed by atoms with Gasteiger partial charge in [0.2, 0.25) is 0 Å². The first-order valence-electron chi connectivity index (χ1n) is 10.5. The second-order valence-corrected chi connectivity index (χ2v) is 9.05. The van der Waals surface area contributed by atoms with Crippen molar-refractivity contribution < 1.29 is 9.50 Å². The molecule has 1 aliphatic carbocycles. The monoisotopic (exact) mass is 448 g/mol. The van der Waals surface area contributed by atoms with Gasteiger partial charge < -0.3 is 5.11 Å². The van der Waals surface area contributed by atoms with Gasteiger partial charge in [0, 0.05) is 34.6 Å². The van der Waals surface area contributed by atoms with Gasteiger partial charge in [0.25, 0.3) is 0 Å². The molecule has 1 fully saturated rings. The van der Waals surface area contributed by atoms with Crippen LogP contribution in [0.2, 0.25) is 0 Å². The smallest absolute Gasteiger partial charge is 0.155 e. The predicted molar refractivity (Wildman–Crippen MR) is 118 cm³/mol. The topological polar surface area (TPSA) is 92.0 Å². The van der Waals surface area contributed by atoms with Gasteiger partial charge in [0.1, 0.15) is 11.1 Å². The Hall–Kier alpha value is -3.22. The molecule has 0 amide bonds. The van der Waals surface area contributed by atoms with Gasteiger partial charge in [-0.3, -0.25) is 4.68 Å². The average Bonchev–Trinajstić information content (AvgIpc) is 3.39. The lowest BCUT2D eigenvalue weighted by Crippen LogP contribution is -2.21. The summed E-state index contributed by atoms with van der Waals surface area (Å²) >= 11 is 1.17. The summed E-state index contributed by atoms with van der Waals surface area (Å²) in [7, 11) is 0. The van der Waals surface area contributed by atoms with Crippen LogP contribution in [0.25, 0.3) is 16.6 Å². The minimum absolute atomic E-state index is 0.217.